The molecule has 0 bridgehead atoms. The first-order chi connectivity index (χ1) is 48.2. The summed E-state index contributed by atoms with van der Waals surface area (Å²) in [4.78, 5) is 15.2. The second-order valence-electron chi connectivity index (χ2n) is 30.3. The fourth-order valence-electron chi connectivity index (χ4n) is 13.3. The number of unbranched alkanes of at least 4 members (excludes halogenated alkanes) is 22. The Labute approximate surface area is 620 Å². The van der Waals surface area contributed by atoms with Crippen molar-refractivity contribution >= 4 is 0 Å². The van der Waals surface area contributed by atoms with E-state index >= 15 is 0 Å². The average Bonchev–Trinajstić information content (AvgIpc) is 1.18. The van der Waals surface area contributed by atoms with Crippen molar-refractivity contribution in [2.45, 2.75) is 374 Å². The zero-order chi connectivity index (χ0) is 75.5. The van der Waals surface area contributed by atoms with Gasteiger partial charge in [-0.15, -0.1) is 0 Å². The average molecular weight is 1440 g/mol. The molecule has 0 rings (SSSR count). The summed E-state index contributed by atoms with van der Waals surface area (Å²) in [5, 5.41) is 107. The Kier molecular flexibility index (Phi) is 87.0. The molecule has 0 saturated heterocycles. The van der Waals surface area contributed by atoms with Gasteiger partial charge in [0.2, 0.25) is 0 Å². The molecule has 0 amide bonds. The van der Waals surface area contributed by atoms with Crippen LogP contribution in [0.4, 0.5) is 0 Å². The number of aliphatic hydroxyl groups excluding tert-OH is 11. The molecule has 0 aromatic carbocycles. The van der Waals surface area contributed by atoms with Crippen molar-refractivity contribution in [3.05, 3.63) is 0 Å². The molecule has 0 aromatic rings. The molecule has 0 radical (unpaired) electrons. The molecule has 8 unspecified atom stereocenters. The van der Waals surface area contributed by atoms with Crippen LogP contribution in [0.5, 0.6) is 0 Å². The molecular weight excluding hydrogens is 1260 g/mol. The van der Waals surface area contributed by atoms with Gasteiger partial charge in [0.05, 0.1) is 62.0 Å². The monoisotopic (exact) mass is 1440 g/mol. The van der Waals surface area contributed by atoms with Crippen LogP contribution >= 0.6 is 0 Å². The summed E-state index contributed by atoms with van der Waals surface area (Å²) in [7, 11) is 8.39. The topological polar surface area (TPSA) is 245 Å². The highest BCUT2D eigenvalue weighted by Crippen LogP contribution is 2.17. The van der Waals surface area contributed by atoms with Gasteiger partial charge in [0.1, 0.15) is 0 Å². The van der Waals surface area contributed by atoms with E-state index in [-0.39, 0.29) is 68.7 Å². The highest BCUT2D eigenvalue weighted by molar-refractivity contribution is 4.73. The molecular formula is C82H179N7O11. The van der Waals surface area contributed by atoms with E-state index in [9.17, 15) is 40.9 Å². The van der Waals surface area contributed by atoms with Crippen molar-refractivity contribution in [3.8, 4) is 0 Å². The van der Waals surface area contributed by atoms with Gasteiger partial charge in [-0.2, -0.15) is 0 Å². The van der Waals surface area contributed by atoms with Crippen LogP contribution in [-0.2, 0) is 0 Å². The molecule has 0 heterocycles. The van der Waals surface area contributed by atoms with Gasteiger partial charge in [0, 0.05) is 78.6 Å². The summed E-state index contributed by atoms with van der Waals surface area (Å²) < 4.78 is 0. The molecule has 0 fully saturated rings. The number of likely N-dealkylation sites (N-methyl/N-ethyl adjacent to an activating group) is 4. The van der Waals surface area contributed by atoms with E-state index in [1.54, 1.807) is 0 Å². The minimum Gasteiger partial charge on any atom is -0.396 e. The Balaban J connectivity index is -0.000000662. The van der Waals surface area contributed by atoms with Crippen molar-refractivity contribution in [2.24, 2.45) is 0 Å². The zero-order valence-electron chi connectivity index (χ0n) is 68.5. The first-order valence-corrected chi connectivity index (χ1v) is 42.4. The highest BCUT2D eigenvalue weighted by Gasteiger charge is 2.18. The van der Waals surface area contributed by atoms with Gasteiger partial charge in [-0.25, -0.2) is 0 Å². The Morgan fingerprint density at radius 1 is 0.180 bits per heavy atom. The first kappa shape index (κ1) is 106. The van der Waals surface area contributed by atoms with Gasteiger partial charge >= 0.3 is 0 Å². The normalized spacial score (nSPS) is 14.3. The van der Waals surface area contributed by atoms with Crippen LogP contribution in [0.15, 0.2) is 0 Å². The van der Waals surface area contributed by atoms with E-state index in [1.807, 2.05) is 18.7 Å². The molecule has 11 N–H and O–H groups in total. The molecule has 8 atom stereocenters. The maximum absolute atomic E-state index is 10.4. The maximum Gasteiger partial charge on any atom is 0.0667 e. The van der Waals surface area contributed by atoms with Crippen LogP contribution in [0, 0.1) is 0 Å². The van der Waals surface area contributed by atoms with Crippen LogP contribution in [0.1, 0.15) is 325 Å². The first-order valence-electron chi connectivity index (χ1n) is 42.4. The number of hydrogen-bond acceptors (Lipinski definition) is 18. The van der Waals surface area contributed by atoms with Crippen molar-refractivity contribution < 1.29 is 56.2 Å². The van der Waals surface area contributed by atoms with Crippen molar-refractivity contribution in [1.82, 2.24) is 34.3 Å². The van der Waals surface area contributed by atoms with Crippen LogP contribution < -0.4 is 0 Å². The van der Waals surface area contributed by atoms with Crippen LogP contribution in [0.3, 0.4) is 0 Å². The SMILES string of the molecule is CCCC(O)CN(C)CCCN(C)CC(O)CCC.CCCC(O)CN(CCCN(CCO)CCO)CC(O)CCC.CCCC(O)CN(CCCO)CC(O)CCC.CCCCCCCCCCCCCCC(O)CN(C)CCCN(C)CC(O)CCCCCCCCCCCCCC. The number of aliphatic hydroxyl groups is 11. The van der Waals surface area contributed by atoms with Gasteiger partial charge in [-0.3, -0.25) is 14.7 Å². The van der Waals surface area contributed by atoms with Crippen LogP contribution in [-0.4, -0.2) is 299 Å². The number of hydrogen-bond donors (Lipinski definition) is 11. The van der Waals surface area contributed by atoms with E-state index in [1.165, 1.54) is 141 Å². The molecule has 100 heavy (non-hydrogen) atoms. The zero-order valence-corrected chi connectivity index (χ0v) is 68.5. The smallest absolute Gasteiger partial charge is 0.0667 e. The van der Waals surface area contributed by atoms with Crippen LogP contribution in [0.2, 0.25) is 0 Å². The summed E-state index contributed by atoms with van der Waals surface area (Å²) in [5.41, 5.74) is 0. The van der Waals surface area contributed by atoms with Crippen molar-refractivity contribution in [1.29, 1.82) is 0 Å². The second kappa shape index (κ2) is 82.3. The minimum atomic E-state index is -0.347. The van der Waals surface area contributed by atoms with Gasteiger partial charge in [-0.05, 0) is 145 Å². The minimum absolute atomic E-state index is 0.0914. The molecule has 608 valence electrons. The second-order valence-corrected chi connectivity index (χ2v) is 30.3. The Bertz CT molecular complexity index is 1430. The summed E-state index contributed by atoms with van der Waals surface area (Å²) in [6, 6.07) is 0. The van der Waals surface area contributed by atoms with Crippen molar-refractivity contribution in [3.63, 3.8) is 0 Å². The fraction of sp³-hybridized carbons (Fsp3) is 1.00. The maximum atomic E-state index is 10.4. The predicted octanol–water partition coefficient (Wildman–Crippen LogP) is 13.0. The molecule has 0 aliphatic carbocycles. The summed E-state index contributed by atoms with van der Waals surface area (Å²) in [5.74, 6) is 0. The third kappa shape index (κ3) is 81.4. The highest BCUT2D eigenvalue weighted by atomic mass is 16.3. The van der Waals surface area contributed by atoms with Crippen molar-refractivity contribution in [2.75, 3.05) is 159 Å². The molecule has 0 aliphatic heterocycles. The Morgan fingerprint density at radius 3 is 0.610 bits per heavy atom. The lowest BCUT2D eigenvalue weighted by atomic mass is 10.0. The van der Waals surface area contributed by atoms with Gasteiger partial charge in [-0.1, -0.05) is 248 Å². The van der Waals surface area contributed by atoms with Crippen LogP contribution in [0.25, 0.3) is 0 Å². The number of rotatable bonds is 73. The molecule has 18 heteroatoms. The van der Waals surface area contributed by atoms with E-state index in [0.29, 0.717) is 45.7 Å². The summed E-state index contributed by atoms with van der Waals surface area (Å²) in [6.07, 6.45) is 47.0. The number of nitrogens with zero attached hydrogens (tertiary/aromatic N) is 7. The molecule has 0 saturated carbocycles. The Hall–Kier alpha value is -0.720. The van der Waals surface area contributed by atoms with Gasteiger partial charge in [0.15, 0.2) is 0 Å². The standard InChI is InChI=1S/C37H78N2O2.C17H38N2O4.C15H34N2O2.C13H29NO3/c1-5-7-9-11-13-15-17-19-21-23-25-27-30-36(40)34-38(3)32-29-33-39(4)35-37(41)31-28-26-24-22-20-18-16-14-12-10-8-6-2;1-3-6-16(22)14-19(15-17(23)7-4-2)9-5-8-18(10-12-20)11-13-21;1-5-8-14(18)12-16(3)10-7-11-17(4)13-15(19)9-6-2;1-3-6-12(16)10-14(8-5-9-15)11-13(17)7-4-2/h36-37,40-41H,5-35H2,1-4H3;16-17,20-23H,3-15H2,1-2H3;14-15,18-19H,5-13H2,1-4H3;12-13,15-17H,3-11H2,1-2H3. The lowest BCUT2D eigenvalue weighted by Crippen LogP contribution is -2.40. The summed E-state index contributed by atoms with van der Waals surface area (Å²) >= 11 is 0. The largest absolute Gasteiger partial charge is 0.396 e. The molecule has 0 aliphatic rings. The predicted molar refractivity (Wildman–Crippen MR) is 428 cm³/mol. The fourth-order valence-corrected chi connectivity index (χ4v) is 13.3. The molecule has 0 aromatic heterocycles. The van der Waals surface area contributed by atoms with E-state index < -0.39 is 0 Å². The lowest BCUT2D eigenvalue weighted by molar-refractivity contribution is 0.0584. The quantitative estimate of drug-likeness (QED) is 0.0254. The van der Waals surface area contributed by atoms with E-state index in [2.05, 4.69) is 99.1 Å². The lowest BCUT2D eigenvalue weighted by Gasteiger charge is -2.28. The van der Waals surface area contributed by atoms with Gasteiger partial charge < -0.3 is 75.8 Å². The molecule has 0 spiro atoms. The third-order valence-corrected chi connectivity index (χ3v) is 19.1. The van der Waals surface area contributed by atoms with E-state index in [0.717, 1.165) is 194 Å². The van der Waals surface area contributed by atoms with Gasteiger partial charge in [0.25, 0.3) is 0 Å². The third-order valence-electron chi connectivity index (χ3n) is 19.1. The molecule has 18 nitrogen and oxygen atoms in total. The summed E-state index contributed by atoms with van der Waals surface area (Å²) in [6.45, 7) is 30.2. The Morgan fingerprint density at radius 2 is 0.380 bits per heavy atom. The van der Waals surface area contributed by atoms with E-state index in [4.69, 9.17) is 15.3 Å².